The molecular weight excluding hydrogens is 430 g/mol. The second kappa shape index (κ2) is 10.7. The van der Waals surface area contributed by atoms with Crippen LogP contribution in [0, 0.1) is 0 Å². The summed E-state index contributed by atoms with van der Waals surface area (Å²) in [5.41, 5.74) is 3.16. The maximum absolute atomic E-state index is 13.4. The van der Waals surface area contributed by atoms with E-state index >= 15 is 0 Å². The van der Waals surface area contributed by atoms with Crippen LogP contribution in [0.3, 0.4) is 0 Å². The van der Waals surface area contributed by atoms with Crippen LogP contribution in [0.2, 0.25) is 0 Å². The van der Waals surface area contributed by atoms with E-state index in [9.17, 15) is 9.59 Å². The number of morpholine rings is 1. The average molecular weight is 466 g/mol. The molecule has 2 aliphatic heterocycles. The monoisotopic (exact) mass is 465 g/mol. The largest absolute Gasteiger partial charge is 0.379 e. The van der Waals surface area contributed by atoms with Gasteiger partial charge in [-0.05, 0) is 55.9 Å². The van der Waals surface area contributed by atoms with Crippen LogP contribution in [0.25, 0.3) is 0 Å². The molecule has 34 heavy (non-hydrogen) atoms. The molecule has 1 aromatic carbocycles. The van der Waals surface area contributed by atoms with Crippen molar-refractivity contribution in [2.45, 2.75) is 63.6 Å². The Morgan fingerprint density at radius 1 is 1.00 bits per heavy atom. The molecule has 1 aromatic heterocycles. The Morgan fingerprint density at radius 2 is 1.74 bits per heavy atom. The molecule has 2 aromatic rings. The molecule has 3 aliphatic rings. The van der Waals surface area contributed by atoms with E-state index in [0.717, 1.165) is 70.6 Å². The van der Waals surface area contributed by atoms with Gasteiger partial charge in [0.25, 0.3) is 11.8 Å². The minimum absolute atomic E-state index is 0.0363. The molecule has 1 aliphatic carbocycles. The summed E-state index contributed by atoms with van der Waals surface area (Å²) < 4.78 is 5.42. The van der Waals surface area contributed by atoms with Gasteiger partial charge in [-0.3, -0.25) is 19.6 Å². The van der Waals surface area contributed by atoms with Crippen LogP contribution in [0.5, 0.6) is 0 Å². The minimum atomic E-state index is -0.126. The molecule has 8 heteroatoms. The lowest BCUT2D eigenvalue weighted by atomic mass is 9.97. The molecule has 3 heterocycles. The zero-order valence-electron chi connectivity index (χ0n) is 19.8. The van der Waals surface area contributed by atoms with E-state index in [0.29, 0.717) is 17.8 Å². The second-order valence-electron chi connectivity index (χ2n) is 9.76. The van der Waals surface area contributed by atoms with E-state index in [1.165, 1.54) is 18.4 Å². The van der Waals surface area contributed by atoms with Crippen LogP contribution < -0.4 is 5.32 Å². The van der Waals surface area contributed by atoms with Crippen molar-refractivity contribution in [3.8, 4) is 0 Å². The summed E-state index contributed by atoms with van der Waals surface area (Å²) in [7, 11) is 0. The second-order valence-corrected chi connectivity index (χ2v) is 9.76. The third kappa shape index (κ3) is 5.33. The van der Waals surface area contributed by atoms with Crippen molar-refractivity contribution in [3.05, 3.63) is 52.8 Å². The molecule has 5 rings (SSSR count). The summed E-state index contributed by atoms with van der Waals surface area (Å²) in [6, 6.07) is 9.99. The summed E-state index contributed by atoms with van der Waals surface area (Å²) in [6.45, 7) is 5.04. The number of ether oxygens (including phenoxy) is 1. The van der Waals surface area contributed by atoms with Gasteiger partial charge < -0.3 is 15.0 Å². The fourth-order valence-electron chi connectivity index (χ4n) is 5.39. The van der Waals surface area contributed by atoms with E-state index in [2.05, 4.69) is 32.5 Å². The molecular formula is C26H35N5O3. The standard InChI is InChI=1S/C26H35N5O3/c32-25(27-21-5-1-2-6-21)23-17-22(28-29-23)24-7-3-4-12-31(24)26(33)20-10-8-19(9-11-20)18-30-13-15-34-16-14-30/h8-11,17,21,24H,1-7,12-16,18H2,(H,27,32)(H,28,29)/t24-/m0/s1. The van der Waals surface area contributed by atoms with Crippen LogP contribution in [-0.2, 0) is 11.3 Å². The fraction of sp³-hybridized carbons (Fsp3) is 0.577. The maximum Gasteiger partial charge on any atom is 0.271 e. The Bertz CT molecular complexity index is 977. The van der Waals surface area contributed by atoms with Crippen molar-refractivity contribution in [3.63, 3.8) is 0 Å². The lowest BCUT2D eigenvalue weighted by molar-refractivity contribution is 0.0342. The molecule has 2 saturated heterocycles. The number of carbonyl (C=O) groups is 2. The molecule has 3 fully saturated rings. The van der Waals surface area contributed by atoms with E-state index in [-0.39, 0.29) is 23.9 Å². The number of benzene rings is 1. The van der Waals surface area contributed by atoms with Crippen LogP contribution in [0.4, 0.5) is 0 Å². The molecule has 8 nitrogen and oxygen atoms in total. The quantitative estimate of drug-likeness (QED) is 0.683. The van der Waals surface area contributed by atoms with Gasteiger partial charge in [0.15, 0.2) is 0 Å². The van der Waals surface area contributed by atoms with E-state index in [1.807, 2.05) is 23.1 Å². The lowest BCUT2D eigenvalue weighted by Crippen LogP contribution is -2.38. The zero-order chi connectivity index (χ0) is 23.3. The van der Waals surface area contributed by atoms with Gasteiger partial charge >= 0.3 is 0 Å². The first-order valence-corrected chi connectivity index (χ1v) is 12.7. The minimum Gasteiger partial charge on any atom is -0.379 e. The molecule has 1 atom stereocenters. The predicted octanol–water partition coefficient (Wildman–Crippen LogP) is 3.28. The molecule has 182 valence electrons. The third-order valence-corrected chi connectivity index (χ3v) is 7.35. The number of piperidine rings is 1. The molecule has 0 radical (unpaired) electrons. The number of aromatic nitrogens is 2. The predicted molar refractivity (Wildman–Crippen MR) is 128 cm³/mol. The Hall–Kier alpha value is -2.71. The molecule has 0 bridgehead atoms. The van der Waals surface area contributed by atoms with Crippen LogP contribution in [0.15, 0.2) is 30.3 Å². The Morgan fingerprint density at radius 3 is 2.50 bits per heavy atom. The Labute approximate surface area is 201 Å². The molecule has 0 spiro atoms. The number of amides is 2. The van der Waals surface area contributed by atoms with Gasteiger partial charge in [-0.25, -0.2) is 0 Å². The highest BCUT2D eigenvalue weighted by Gasteiger charge is 2.31. The van der Waals surface area contributed by atoms with Crippen molar-refractivity contribution in [1.82, 2.24) is 25.3 Å². The topological polar surface area (TPSA) is 90.6 Å². The summed E-state index contributed by atoms with van der Waals surface area (Å²) in [4.78, 5) is 30.4. The van der Waals surface area contributed by atoms with Crippen molar-refractivity contribution in [1.29, 1.82) is 0 Å². The van der Waals surface area contributed by atoms with E-state index in [4.69, 9.17) is 4.74 Å². The first-order valence-electron chi connectivity index (χ1n) is 12.7. The average Bonchev–Trinajstić information content (AvgIpc) is 3.57. The van der Waals surface area contributed by atoms with E-state index in [1.54, 1.807) is 0 Å². The third-order valence-electron chi connectivity index (χ3n) is 7.35. The van der Waals surface area contributed by atoms with Crippen molar-refractivity contribution in [2.24, 2.45) is 0 Å². The van der Waals surface area contributed by atoms with Crippen LogP contribution in [-0.4, -0.2) is 70.7 Å². The Kier molecular flexibility index (Phi) is 7.25. The SMILES string of the molecule is O=C(NC1CCCC1)c1cc([C@@H]2CCCCN2C(=O)c2ccc(CN3CCOCC3)cc2)[nH]n1. The number of carbonyl (C=O) groups excluding carboxylic acids is 2. The smallest absolute Gasteiger partial charge is 0.271 e. The number of H-pyrrole nitrogens is 1. The summed E-state index contributed by atoms with van der Waals surface area (Å²) >= 11 is 0. The van der Waals surface area contributed by atoms with Crippen molar-refractivity contribution >= 4 is 11.8 Å². The van der Waals surface area contributed by atoms with Crippen LogP contribution >= 0.6 is 0 Å². The lowest BCUT2D eigenvalue weighted by Gasteiger charge is -2.35. The molecule has 2 amide bonds. The van der Waals surface area contributed by atoms with Gasteiger partial charge in [0.1, 0.15) is 5.69 Å². The normalized spacial score (nSPS) is 22.1. The first kappa shape index (κ1) is 23.1. The first-order chi connectivity index (χ1) is 16.7. The highest BCUT2D eigenvalue weighted by atomic mass is 16.5. The number of aromatic amines is 1. The highest BCUT2D eigenvalue weighted by molar-refractivity contribution is 5.95. The van der Waals surface area contributed by atoms with Gasteiger partial charge in [0, 0.05) is 37.8 Å². The Balaban J connectivity index is 1.24. The van der Waals surface area contributed by atoms with Gasteiger partial charge in [-0.1, -0.05) is 25.0 Å². The number of hydrogen-bond acceptors (Lipinski definition) is 5. The maximum atomic E-state index is 13.4. The van der Waals surface area contributed by atoms with Gasteiger partial charge in [-0.2, -0.15) is 5.10 Å². The number of likely N-dealkylation sites (tertiary alicyclic amines) is 1. The van der Waals surface area contributed by atoms with Gasteiger partial charge in [0.2, 0.25) is 0 Å². The number of nitrogens with zero attached hydrogens (tertiary/aromatic N) is 3. The molecule has 0 unspecified atom stereocenters. The highest BCUT2D eigenvalue weighted by Crippen LogP contribution is 2.31. The fourth-order valence-corrected chi connectivity index (χ4v) is 5.39. The summed E-state index contributed by atoms with van der Waals surface area (Å²) in [6.07, 6.45) is 7.33. The number of hydrogen-bond donors (Lipinski definition) is 2. The van der Waals surface area contributed by atoms with E-state index < -0.39 is 0 Å². The van der Waals surface area contributed by atoms with Crippen LogP contribution in [0.1, 0.15) is 83.1 Å². The molecule has 1 saturated carbocycles. The molecule has 2 N–H and O–H groups in total. The van der Waals surface area contributed by atoms with Crippen molar-refractivity contribution < 1.29 is 14.3 Å². The van der Waals surface area contributed by atoms with Gasteiger partial charge in [0.05, 0.1) is 24.9 Å². The van der Waals surface area contributed by atoms with Gasteiger partial charge in [-0.15, -0.1) is 0 Å². The number of rotatable bonds is 6. The number of nitrogens with one attached hydrogen (secondary N) is 2. The van der Waals surface area contributed by atoms with Crippen molar-refractivity contribution in [2.75, 3.05) is 32.8 Å². The summed E-state index contributed by atoms with van der Waals surface area (Å²) in [5.74, 6) is -0.0897. The summed E-state index contributed by atoms with van der Waals surface area (Å²) in [5, 5.41) is 10.4. The zero-order valence-corrected chi connectivity index (χ0v) is 19.8.